The summed E-state index contributed by atoms with van der Waals surface area (Å²) in [4.78, 5) is 12.9. The minimum Gasteiger partial charge on any atom is -0.490 e. The summed E-state index contributed by atoms with van der Waals surface area (Å²) in [6.07, 6.45) is 7.18. The van der Waals surface area contributed by atoms with Gasteiger partial charge in [0.15, 0.2) is 5.69 Å². The standard InChI is InChI=1S/C23H24N4O2/c28-23(24-17-12-14-20(15-13-17)29-19-8-4-5-9-19)21-22(16-10-11-16)27(26-25-21)18-6-2-1-3-7-18/h1-3,6-7,12-16,19H,4-5,8-11H2,(H,24,28). The molecule has 0 radical (unpaired) electrons. The molecule has 6 heteroatoms. The molecule has 29 heavy (non-hydrogen) atoms. The van der Waals surface area contributed by atoms with Crippen LogP contribution in [-0.4, -0.2) is 27.0 Å². The predicted molar refractivity (Wildman–Crippen MR) is 111 cm³/mol. The third-order valence-electron chi connectivity index (χ3n) is 5.60. The molecule has 2 saturated carbocycles. The van der Waals surface area contributed by atoms with E-state index in [-0.39, 0.29) is 5.91 Å². The molecular formula is C23H24N4O2. The third-order valence-corrected chi connectivity index (χ3v) is 5.60. The maximum Gasteiger partial charge on any atom is 0.278 e. The van der Waals surface area contributed by atoms with Crippen LogP contribution >= 0.6 is 0 Å². The van der Waals surface area contributed by atoms with Crippen molar-refractivity contribution in [2.24, 2.45) is 0 Å². The lowest BCUT2D eigenvalue weighted by atomic mass is 10.2. The summed E-state index contributed by atoms with van der Waals surface area (Å²) >= 11 is 0. The number of aromatic nitrogens is 3. The topological polar surface area (TPSA) is 69.0 Å². The first kappa shape index (κ1) is 17.9. The summed E-state index contributed by atoms with van der Waals surface area (Å²) in [6.45, 7) is 0. The predicted octanol–water partition coefficient (Wildman–Crippen LogP) is 4.72. The average molecular weight is 388 g/mol. The van der Waals surface area contributed by atoms with Crippen molar-refractivity contribution in [3.63, 3.8) is 0 Å². The molecular weight excluding hydrogens is 364 g/mol. The second-order valence-electron chi connectivity index (χ2n) is 7.85. The molecule has 0 saturated heterocycles. The maximum absolute atomic E-state index is 12.9. The Balaban J connectivity index is 1.32. The Bertz CT molecular complexity index is 987. The van der Waals surface area contributed by atoms with Gasteiger partial charge >= 0.3 is 0 Å². The second kappa shape index (κ2) is 7.70. The molecule has 6 nitrogen and oxygen atoms in total. The van der Waals surface area contributed by atoms with Crippen LogP contribution in [0.15, 0.2) is 54.6 Å². The minimum absolute atomic E-state index is 0.224. The van der Waals surface area contributed by atoms with E-state index in [0.717, 1.165) is 48.5 Å². The molecule has 2 aliphatic rings. The number of nitrogens with one attached hydrogen (secondary N) is 1. The number of carbonyl (C=O) groups excluding carboxylic acids is 1. The van der Waals surface area contributed by atoms with Gasteiger partial charge in [-0.2, -0.15) is 0 Å². The van der Waals surface area contributed by atoms with Crippen LogP contribution in [0.5, 0.6) is 5.75 Å². The molecule has 2 aliphatic carbocycles. The van der Waals surface area contributed by atoms with Crippen molar-refractivity contribution in [3.8, 4) is 11.4 Å². The summed E-state index contributed by atoms with van der Waals surface area (Å²) < 4.78 is 7.79. The Kier molecular flexibility index (Phi) is 4.76. The van der Waals surface area contributed by atoms with Crippen LogP contribution in [0.1, 0.15) is 60.6 Å². The Morgan fingerprint density at radius 3 is 2.38 bits per heavy atom. The third kappa shape index (κ3) is 3.88. The first-order valence-corrected chi connectivity index (χ1v) is 10.4. The van der Waals surface area contributed by atoms with Crippen LogP contribution in [0.3, 0.4) is 0 Å². The van der Waals surface area contributed by atoms with Crippen molar-refractivity contribution in [1.82, 2.24) is 15.0 Å². The number of rotatable bonds is 6. The molecule has 0 atom stereocenters. The summed E-state index contributed by atoms with van der Waals surface area (Å²) in [6, 6.07) is 17.4. The van der Waals surface area contributed by atoms with E-state index in [1.165, 1.54) is 12.8 Å². The van der Waals surface area contributed by atoms with Crippen LogP contribution in [0.25, 0.3) is 5.69 Å². The van der Waals surface area contributed by atoms with E-state index in [4.69, 9.17) is 4.74 Å². The smallest absolute Gasteiger partial charge is 0.278 e. The lowest BCUT2D eigenvalue weighted by Gasteiger charge is -2.13. The molecule has 1 heterocycles. The molecule has 148 valence electrons. The number of carbonyl (C=O) groups is 1. The molecule has 0 spiro atoms. The average Bonchev–Trinajstić information content (AvgIpc) is 3.28. The maximum atomic E-state index is 12.9. The van der Waals surface area contributed by atoms with Gasteiger partial charge in [-0.3, -0.25) is 4.79 Å². The van der Waals surface area contributed by atoms with Gasteiger partial charge in [0.05, 0.1) is 17.5 Å². The van der Waals surface area contributed by atoms with Crippen molar-refractivity contribution in [2.75, 3.05) is 5.32 Å². The molecule has 1 N–H and O–H groups in total. The fraction of sp³-hybridized carbons (Fsp3) is 0.348. The first-order valence-electron chi connectivity index (χ1n) is 10.4. The Labute approximate surface area is 169 Å². The Hall–Kier alpha value is -3.15. The molecule has 0 unspecified atom stereocenters. The lowest BCUT2D eigenvalue weighted by molar-refractivity contribution is 0.102. The van der Waals surface area contributed by atoms with Gasteiger partial charge in [-0.25, -0.2) is 4.68 Å². The van der Waals surface area contributed by atoms with Crippen molar-refractivity contribution < 1.29 is 9.53 Å². The number of amides is 1. The van der Waals surface area contributed by atoms with Gasteiger partial charge < -0.3 is 10.1 Å². The number of para-hydroxylation sites is 1. The SMILES string of the molecule is O=C(Nc1ccc(OC2CCCC2)cc1)c1nnn(-c2ccccc2)c1C1CC1. The van der Waals surface area contributed by atoms with Gasteiger partial charge in [0, 0.05) is 11.6 Å². The second-order valence-corrected chi connectivity index (χ2v) is 7.85. The van der Waals surface area contributed by atoms with E-state index >= 15 is 0 Å². The number of ether oxygens (including phenoxy) is 1. The zero-order valence-corrected chi connectivity index (χ0v) is 16.3. The number of nitrogens with zero attached hydrogens (tertiary/aromatic N) is 3. The van der Waals surface area contributed by atoms with Crippen molar-refractivity contribution >= 4 is 11.6 Å². The first-order chi connectivity index (χ1) is 14.3. The fourth-order valence-corrected chi connectivity index (χ4v) is 3.94. The van der Waals surface area contributed by atoms with E-state index in [9.17, 15) is 4.79 Å². The highest BCUT2D eigenvalue weighted by Crippen LogP contribution is 2.42. The van der Waals surface area contributed by atoms with E-state index in [2.05, 4.69) is 15.6 Å². The molecule has 5 rings (SSSR count). The minimum atomic E-state index is -0.224. The Morgan fingerprint density at radius 2 is 1.69 bits per heavy atom. The van der Waals surface area contributed by atoms with E-state index < -0.39 is 0 Å². The molecule has 0 bridgehead atoms. The normalized spacial score (nSPS) is 16.7. The molecule has 0 aliphatic heterocycles. The quantitative estimate of drug-likeness (QED) is 0.663. The van der Waals surface area contributed by atoms with E-state index in [1.54, 1.807) is 4.68 Å². The van der Waals surface area contributed by atoms with E-state index in [1.807, 2.05) is 54.6 Å². The van der Waals surface area contributed by atoms with Gasteiger partial charge in [0.2, 0.25) is 0 Å². The van der Waals surface area contributed by atoms with Crippen molar-refractivity contribution in [2.45, 2.75) is 50.5 Å². The van der Waals surface area contributed by atoms with Crippen LogP contribution in [-0.2, 0) is 0 Å². The van der Waals surface area contributed by atoms with Crippen LogP contribution < -0.4 is 10.1 Å². The van der Waals surface area contributed by atoms with Gasteiger partial charge in [0.25, 0.3) is 5.91 Å². The zero-order valence-electron chi connectivity index (χ0n) is 16.3. The largest absolute Gasteiger partial charge is 0.490 e. The number of hydrogen-bond acceptors (Lipinski definition) is 4. The molecule has 1 amide bonds. The highest BCUT2D eigenvalue weighted by atomic mass is 16.5. The summed E-state index contributed by atoms with van der Waals surface area (Å²) in [5.74, 6) is 0.968. The monoisotopic (exact) mass is 388 g/mol. The number of benzene rings is 2. The van der Waals surface area contributed by atoms with Gasteiger partial charge in [-0.05, 0) is 74.9 Å². The fourth-order valence-electron chi connectivity index (χ4n) is 3.94. The van der Waals surface area contributed by atoms with Gasteiger partial charge in [0.1, 0.15) is 5.75 Å². The van der Waals surface area contributed by atoms with Crippen molar-refractivity contribution in [3.05, 3.63) is 66.0 Å². The number of anilines is 1. The van der Waals surface area contributed by atoms with Gasteiger partial charge in [-0.15, -0.1) is 5.10 Å². The van der Waals surface area contributed by atoms with Crippen LogP contribution in [0.4, 0.5) is 5.69 Å². The van der Waals surface area contributed by atoms with Crippen LogP contribution in [0, 0.1) is 0 Å². The summed E-state index contributed by atoms with van der Waals surface area (Å²) in [5, 5.41) is 11.4. The summed E-state index contributed by atoms with van der Waals surface area (Å²) in [7, 11) is 0. The molecule has 3 aromatic rings. The Morgan fingerprint density at radius 1 is 0.966 bits per heavy atom. The van der Waals surface area contributed by atoms with Crippen molar-refractivity contribution in [1.29, 1.82) is 0 Å². The zero-order chi connectivity index (χ0) is 19.6. The number of hydrogen-bond donors (Lipinski definition) is 1. The highest BCUT2D eigenvalue weighted by molar-refractivity contribution is 6.03. The molecule has 2 aromatic carbocycles. The molecule has 2 fully saturated rings. The lowest BCUT2D eigenvalue weighted by Crippen LogP contribution is -2.15. The van der Waals surface area contributed by atoms with Gasteiger partial charge in [-0.1, -0.05) is 23.4 Å². The summed E-state index contributed by atoms with van der Waals surface area (Å²) in [5.41, 5.74) is 2.96. The highest BCUT2D eigenvalue weighted by Gasteiger charge is 2.34. The van der Waals surface area contributed by atoms with Crippen LogP contribution in [0.2, 0.25) is 0 Å². The van der Waals surface area contributed by atoms with E-state index in [0.29, 0.717) is 17.7 Å². The molecule has 1 aromatic heterocycles.